The summed E-state index contributed by atoms with van der Waals surface area (Å²) in [6.45, 7) is 5.16. The number of amides is 1. The van der Waals surface area contributed by atoms with E-state index in [4.69, 9.17) is 9.26 Å². The second-order valence-corrected chi connectivity index (χ2v) is 5.45. The third-order valence-electron chi connectivity index (χ3n) is 3.70. The molecule has 1 unspecified atom stereocenters. The van der Waals surface area contributed by atoms with Gasteiger partial charge in [0, 0.05) is 18.8 Å². The van der Waals surface area contributed by atoms with Gasteiger partial charge in [-0.15, -0.1) is 6.58 Å². The van der Waals surface area contributed by atoms with Gasteiger partial charge < -0.3 is 19.9 Å². The van der Waals surface area contributed by atoms with Crippen LogP contribution in [0, 0.1) is 0 Å². The predicted octanol–water partition coefficient (Wildman–Crippen LogP) is 2.45. The molecule has 0 radical (unpaired) electrons. The van der Waals surface area contributed by atoms with Crippen molar-refractivity contribution < 1.29 is 14.1 Å². The number of ether oxygens (including phenoxy) is 1. The maximum Gasteiger partial charge on any atom is 0.255 e. The number of nitrogens with zero attached hydrogens (tertiary/aromatic N) is 2. The molecule has 0 spiro atoms. The lowest BCUT2D eigenvalue weighted by Gasteiger charge is -2.10. The van der Waals surface area contributed by atoms with Crippen LogP contribution in [0.25, 0.3) is 0 Å². The summed E-state index contributed by atoms with van der Waals surface area (Å²) in [5.74, 6) is 0.709. The van der Waals surface area contributed by atoms with Crippen molar-refractivity contribution in [3.63, 3.8) is 0 Å². The van der Waals surface area contributed by atoms with E-state index in [0.29, 0.717) is 30.4 Å². The fourth-order valence-electron chi connectivity index (χ4n) is 2.51. The van der Waals surface area contributed by atoms with Gasteiger partial charge in [0.25, 0.3) is 11.8 Å². The standard InChI is InChI=1S/C17H20N4O3/c1-2-9-18-13-7-4-3-6-12(13)16(22)19-11-15-20-17(24-21-15)14-8-5-10-23-14/h2-4,6-7,14,18H,1,5,8-11H2,(H,19,22). The molecule has 1 aliphatic rings. The largest absolute Gasteiger partial charge is 0.381 e. The smallest absolute Gasteiger partial charge is 0.255 e. The van der Waals surface area contributed by atoms with Crippen molar-refractivity contribution in [3.8, 4) is 0 Å². The molecule has 1 aromatic heterocycles. The number of hydrogen-bond donors (Lipinski definition) is 2. The molecule has 0 saturated carbocycles. The lowest BCUT2D eigenvalue weighted by Crippen LogP contribution is -2.24. The molecule has 2 aromatic rings. The minimum Gasteiger partial charge on any atom is -0.381 e. The Balaban J connectivity index is 1.60. The summed E-state index contributed by atoms with van der Waals surface area (Å²) < 4.78 is 10.7. The van der Waals surface area contributed by atoms with Crippen LogP contribution in [0.15, 0.2) is 41.4 Å². The van der Waals surface area contributed by atoms with Crippen LogP contribution in [0.4, 0.5) is 5.69 Å². The highest BCUT2D eigenvalue weighted by Gasteiger charge is 2.24. The third-order valence-corrected chi connectivity index (χ3v) is 3.70. The van der Waals surface area contributed by atoms with E-state index in [0.717, 1.165) is 18.5 Å². The molecule has 7 nitrogen and oxygen atoms in total. The number of rotatable bonds is 7. The van der Waals surface area contributed by atoms with Crippen molar-refractivity contribution in [2.75, 3.05) is 18.5 Å². The van der Waals surface area contributed by atoms with Crippen LogP contribution in [-0.4, -0.2) is 29.2 Å². The second-order valence-electron chi connectivity index (χ2n) is 5.45. The van der Waals surface area contributed by atoms with Crippen LogP contribution in [0.5, 0.6) is 0 Å². The molecule has 1 aliphatic heterocycles. The van der Waals surface area contributed by atoms with Crippen molar-refractivity contribution in [3.05, 3.63) is 54.2 Å². The van der Waals surface area contributed by atoms with Gasteiger partial charge in [0.1, 0.15) is 6.10 Å². The number of carbonyl (C=O) groups is 1. The van der Waals surface area contributed by atoms with Gasteiger partial charge in [-0.05, 0) is 25.0 Å². The van der Waals surface area contributed by atoms with Crippen LogP contribution < -0.4 is 10.6 Å². The van der Waals surface area contributed by atoms with Crippen molar-refractivity contribution in [2.45, 2.75) is 25.5 Å². The van der Waals surface area contributed by atoms with Gasteiger partial charge in [0.05, 0.1) is 12.1 Å². The molecule has 1 aromatic carbocycles. The first-order valence-electron chi connectivity index (χ1n) is 7.94. The molecule has 1 atom stereocenters. The maximum absolute atomic E-state index is 12.4. The highest BCUT2D eigenvalue weighted by molar-refractivity contribution is 5.99. The van der Waals surface area contributed by atoms with Crippen LogP contribution in [0.3, 0.4) is 0 Å². The minimum absolute atomic E-state index is 0.120. The Labute approximate surface area is 140 Å². The van der Waals surface area contributed by atoms with Crippen molar-refractivity contribution in [2.24, 2.45) is 0 Å². The highest BCUT2D eigenvalue weighted by atomic mass is 16.5. The van der Waals surface area contributed by atoms with E-state index in [1.807, 2.05) is 18.2 Å². The zero-order valence-corrected chi connectivity index (χ0v) is 13.3. The summed E-state index contributed by atoms with van der Waals surface area (Å²) in [6, 6.07) is 7.30. The average molecular weight is 328 g/mol. The Kier molecular flexibility index (Phi) is 5.22. The summed E-state index contributed by atoms with van der Waals surface area (Å²) in [5, 5.41) is 9.83. The topological polar surface area (TPSA) is 89.3 Å². The van der Waals surface area contributed by atoms with Gasteiger partial charge in [-0.25, -0.2) is 0 Å². The molecule has 3 rings (SSSR count). The monoisotopic (exact) mass is 328 g/mol. The first-order valence-corrected chi connectivity index (χ1v) is 7.94. The summed E-state index contributed by atoms with van der Waals surface area (Å²) >= 11 is 0. The fraction of sp³-hybridized carbons (Fsp3) is 0.353. The second kappa shape index (κ2) is 7.74. The van der Waals surface area contributed by atoms with E-state index in [1.54, 1.807) is 12.1 Å². The van der Waals surface area contributed by atoms with Gasteiger partial charge >= 0.3 is 0 Å². The average Bonchev–Trinajstić information content (AvgIpc) is 3.29. The Hall–Kier alpha value is -2.67. The molecule has 0 bridgehead atoms. The van der Waals surface area contributed by atoms with E-state index in [-0.39, 0.29) is 18.6 Å². The van der Waals surface area contributed by atoms with Gasteiger partial charge in [-0.2, -0.15) is 4.98 Å². The number of nitrogens with one attached hydrogen (secondary N) is 2. The lowest BCUT2D eigenvalue weighted by atomic mass is 10.1. The van der Waals surface area contributed by atoms with E-state index in [2.05, 4.69) is 27.4 Å². The first kappa shape index (κ1) is 16.2. The number of benzene rings is 1. The summed E-state index contributed by atoms with van der Waals surface area (Å²) in [5.41, 5.74) is 1.31. The molecule has 0 aliphatic carbocycles. The van der Waals surface area contributed by atoms with Gasteiger partial charge in [-0.1, -0.05) is 23.4 Å². The lowest BCUT2D eigenvalue weighted by molar-refractivity contribution is 0.0835. The van der Waals surface area contributed by atoms with E-state index < -0.39 is 0 Å². The summed E-state index contributed by atoms with van der Waals surface area (Å²) in [4.78, 5) is 16.7. The molecule has 1 saturated heterocycles. The summed E-state index contributed by atoms with van der Waals surface area (Å²) in [6.07, 6.45) is 3.50. The molecule has 126 valence electrons. The SMILES string of the molecule is C=CCNc1ccccc1C(=O)NCc1noc(C2CCCO2)n1. The molecule has 2 heterocycles. The molecular weight excluding hydrogens is 308 g/mol. The Morgan fingerprint density at radius 1 is 1.42 bits per heavy atom. The highest BCUT2D eigenvalue weighted by Crippen LogP contribution is 2.26. The Bertz CT molecular complexity index is 707. The first-order chi connectivity index (χ1) is 11.8. The Morgan fingerprint density at radius 2 is 2.29 bits per heavy atom. The van der Waals surface area contributed by atoms with E-state index >= 15 is 0 Å². The van der Waals surface area contributed by atoms with Crippen molar-refractivity contribution >= 4 is 11.6 Å². The third kappa shape index (κ3) is 3.80. The number of hydrogen-bond acceptors (Lipinski definition) is 6. The van der Waals surface area contributed by atoms with E-state index in [1.165, 1.54) is 0 Å². The van der Waals surface area contributed by atoms with Crippen molar-refractivity contribution in [1.29, 1.82) is 0 Å². The molecule has 7 heteroatoms. The molecule has 1 fully saturated rings. The molecule has 24 heavy (non-hydrogen) atoms. The van der Waals surface area contributed by atoms with Crippen LogP contribution in [0.2, 0.25) is 0 Å². The van der Waals surface area contributed by atoms with Crippen molar-refractivity contribution in [1.82, 2.24) is 15.5 Å². The van der Waals surface area contributed by atoms with Crippen LogP contribution in [0.1, 0.15) is 41.0 Å². The quantitative estimate of drug-likeness (QED) is 0.759. The number of para-hydroxylation sites is 1. The number of aromatic nitrogens is 2. The number of carbonyl (C=O) groups excluding carboxylic acids is 1. The molecular formula is C17H20N4O3. The molecule has 1 amide bonds. The zero-order chi connectivity index (χ0) is 16.8. The van der Waals surface area contributed by atoms with Crippen LogP contribution >= 0.6 is 0 Å². The molecule has 2 N–H and O–H groups in total. The minimum atomic E-state index is -0.203. The zero-order valence-electron chi connectivity index (χ0n) is 13.3. The van der Waals surface area contributed by atoms with Gasteiger partial charge in [0.2, 0.25) is 0 Å². The van der Waals surface area contributed by atoms with Crippen LogP contribution in [-0.2, 0) is 11.3 Å². The Morgan fingerprint density at radius 3 is 3.08 bits per heavy atom. The predicted molar refractivity (Wildman–Crippen MR) is 88.5 cm³/mol. The fourth-order valence-corrected chi connectivity index (χ4v) is 2.51. The number of anilines is 1. The van der Waals surface area contributed by atoms with Gasteiger partial charge in [-0.3, -0.25) is 4.79 Å². The van der Waals surface area contributed by atoms with E-state index in [9.17, 15) is 4.79 Å². The summed E-state index contributed by atoms with van der Waals surface area (Å²) in [7, 11) is 0. The maximum atomic E-state index is 12.4. The normalized spacial score (nSPS) is 16.8. The van der Waals surface area contributed by atoms with Gasteiger partial charge in [0.15, 0.2) is 5.82 Å².